The average molecular weight is 578 g/mol. The molecule has 42 heavy (non-hydrogen) atoms. The maximum Gasteiger partial charge on any atom is 0.254 e. The lowest BCUT2D eigenvalue weighted by molar-refractivity contribution is -0.147. The number of carbonyl (C=O) groups excluding carboxylic acids is 3. The molecule has 0 aliphatic carbocycles. The Bertz CT molecular complexity index is 1400. The van der Waals surface area contributed by atoms with Crippen LogP contribution in [0, 0.1) is 6.92 Å². The monoisotopic (exact) mass is 577 g/mol. The first-order valence-corrected chi connectivity index (χ1v) is 13.9. The van der Waals surface area contributed by atoms with Crippen LogP contribution in [0.5, 0.6) is 11.5 Å². The first-order chi connectivity index (χ1) is 20.2. The molecular weight excluding hydrogens is 541 g/mol. The molecule has 3 amide bonds. The van der Waals surface area contributed by atoms with Gasteiger partial charge >= 0.3 is 0 Å². The van der Waals surface area contributed by atoms with E-state index in [-0.39, 0.29) is 37.2 Å². The number of aromatic hydroxyl groups is 1. The number of phenols is 1. The van der Waals surface area contributed by atoms with Crippen molar-refractivity contribution in [3.05, 3.63) is 95.1 Å². The van der Waals surface area contributed by atoms with Crippen molar-refractivity contribution < 1.29 is 33.7 Å². The lowest BCUT2D eigenvalue weighted by Crippen LogP contribution is -2.57. The van der Waals surface area contributed by atoms with Gasteiger partial charge in [-0.15, -0.1) is 0 Å². The van der Waals surface area contributed by atoms with Crippen LogP contribution in [0.15, 0.2) is 72.8 Å². The number of carbonyl (C=O) groups is 3. The van der Waals surface area contributed by atoms with Crippen molar-refractivity contribution in [1.82, 2.24) is 15.5 Å². The molecule has 1 aliphatic rings. The number of aliphatic hydroxyl groups excluding tert-OH is 1. The summed E-state index contributed by atoms with van der Waals surface area (Å²) < 4.78 is 20.5. The Hall–Kier alpha value is -4.44. The third-order valence-corrected chi connectivity index (χ3v) is 7.35. The quantitative estimate of drug-likeness (QED) is 0.277. The van der Waals surface area contributed by atoms with E-state index in [4.69, 9.17) is 4.74 Å². The van der Waals surface area contributed by atoms with Gasteiger partial charge in [0.25, 0.3) is 11.8 Å². The zero-order valence-electron chi connectivity index (χ0n) is 23.6. The van der Waals surface area contributed by atoms with Gasteiger partial charge in [-0.25, -0.2) is 4.39 Å². The summed E-state index contributed by atoms with van der Waals surface area (Å²) in [6, 6.07) is 18.1. The number of ether oxygens (including phenoxy) is 1. The van der Waals surface area contributed by atoms with Gasteiger partial charge in [-0.2, -0.15) is 0 Å². The number of likely N-dealkylation sites (tertiary alicyclic amines) is 1. The molecule has 4 rings (SSSR count). The van der Waals surface area contributed by atoms with Gasteiger partial charge in [-0.05, 0) is 62.1 Å². The number of rotatable bonds is 11. The lowest BCUT2D eigenvalue weighted by atomic mass is 9.98. The number of halogens is 1. The van der Waals surface area contributed by atoms with Crippen LogP contribution >= 0.6 is 0 Å². The summed E-state index contributed by atoms with van der Waals surface area (Å²) in [7, 11) is 0. The molecule has 0 radical (unpaired) electrons. The number of hydrogen-bond donors (Lipinski definition) is 4. The average Bonchev–Trinajstić information content (AvgIpc) is 3.38. The molecule has 4 N–H and O–H groups in total. The third kappa shape index (κ3) is 7.25. The molecule has 1 saturated heterocycles. The minimum Gasteiger partial charge on any atom is -0.508 e. The second-order valence-electron chi connectivity index (χ2n) is 10.2. The Morgan fingerprint density at radius 1 is 1.05 bits per heavy atom. The number of amides is 3. The van der Waals surface area contributed by atoms with Crippen molar-refractivity contribution in [1.29, 1.82) is 0 Å². The molecule has 3 aromatic carbocycles. The summed E-state index contributed by atoms with van der Waals surface area (Å²) in [4.78, 5) is 40.9. The smallest absolute Gasteiger partial charge is 0.254 e. The molecule has 1 fully saturated rings. The number of nitrogens with one attached hydrogen (secondary N) is 2. The highest BCUT2D eigenvalue weighted by molar-refractivity contribution is 5.97. The zero-order chi connectivity index (χ0) is 30.2. The summed E-state index contributed by atoms with van der Waals surface area (Å²) in [5.41, 5.74) is 2.02. The zero-order valence-corrected chi connectivity index (χ0v) is 23.6. The van der Waals surface area contributed by atoms with E-state index in [0.717, 1.165) is 16.0 Å². The second kappa shape index (κ2) is 14.0. The Morgan fingerprint density at radius 3 is 2.50 bits per heavy atom. The van der Waals surface area contributed by atoms with E-state index in [9.17, 15) is 24.6 Å². The van der Waals surface area contributed by atoms with Crippen molar-refractivity contribution in [2.75, 3.05) is 13.2 Å². The molecule has 3 aromatic rings. The van der Waals surface area contributed by atoms with E-state index in [0.29, 0.717) is 17.9 Å². The van der Waals surface area contributed by atoms with E-state index in [1.807, 2.05) is 13.0 Å². The highest BCUT2D eigenvalue weighted by Gasteiger charge is 2.45. The van der Waals surface area contributed by atoms with Gasteiger partial charge in [0.2, 0.25) is 5.91 Å². The predicted molar refractivity (Wildman–Crippen MR) is 155 cm³/mol. The predicted octanol–water partition coefficient (Wildman–Crippen LogP) is 3.06. The molecule has 1 unspecified atom stereocenters. The molecule has 222 valence electrons. The van der Waals surface area contributed by atoms with Gasteiger partial charge in [0, 0.05) is 24.2 Å². The van der Waals surface area contributed by atoms with Gasteiger partial charge in [0.05, 0.1) is 12.6 Å². The first kappa shape index (κ1) is 30.5. The molecule has 0 spiro atoms. The minimum atomic E-state index is -1.77. The molecule has 4 atom stereocenters. The number of nitrogens with zero attached hydrogens (tertiary/aromatic N) is 1. The topological polar surface area (TPSA) is 128 Å². The van der Waals surface area contributed by atoms with E-state index in [1.54, 1.807) is 55.5 Å². The van der Waals surface area contributed by atoms with Crippen molar-refractivity contribution in [2.45, 2.75) is 57.6 Å². The molecule has 1 heterocycles. The van der Waals surface area contributed by atoms with Crippen molar-refractivity contribution >= 4 is 17.7 Å². The molecule has 9 nitrogen and oxygen atoms in total. The first-order valence-electron chi connectivity index (χ1n) is 13.9. The number of benzene rings is 3. The normalized spacial score (nSPS) is 17.8. The molecular formula is C32H36FN3O6. The van der Waals surface area contributed by atoms with E-state index in [1.165, 1.54) is 18.2 Å². The summed E-state index contributed by atoms with van der Waals surface area (Å²) in [5.74, 6) is -1.56. The Balaban J connectivity index is 1.50. The number of phenolic OH excluding ortho intramolecular Hbond substituents is 1. The summed E-state index contributed by atoms with van der Waals surface area (Å²) in [5, 5.41) is 26.7. The Labute approximate surface area is 244 Å². The van der Waals surface area contributed by atoms with Gasteiger partial charge in [0.1, 0.15) is 23.7 Å². The maximum absolute atomic E-state index is 15.0. The Morgan fingerprint density at radius 2 is 1.76 bits per heavy atom. The van der Waals surface area contributed by atoms with Crippen molar-refractivity contribution in [3.8, 4) is 11.5 Å². The molecule has 0 aromatic heterocycles. The number of alkyl halides is 1. The van der Waals surface area contributed by atoms with Crippen molar-refractivity contribution in [3.63, 3.8) is 0 Å². The van der Waals surface area contributed by atoms with Crippen LogP contribution in [-0.2, 0) is 22.6 Å². The Kier molecular flexibility index (Phi) is 10.1. The summed E-state index contributed by atoms with van der Waals surface area (Å²) >= 11 is 0. The molecule has 0 bridgehead atoms. The highest BCUT2D eigenvalue weighted by Crippen LogP contribution is 2.25. The fourth-order valence-corrected chi connectivity index (χ4v) is 5.08. The number of aliphatic hydroxyl groups is 1. The van der Waals surface area contributed by atoms with Crippen LogP contribution in [0.3, 0.4) is 0 Å². The standard InChI is InChI=1S/C32H36FN3O6/c1-3-42-23-12-7-11-22(17-23)19-34-31(40)28-25(33)15-16-36(28)32(41)29(38)26(18-21-9-5-4-6-10-21)35-30(39)24-13-8-14-27(37)20(24)2/h4-14,17,25-26,28-29,37-38H,3,15-16,18-19H2,1-2H3,(H,34,40)(H,35,39)/t25-,26-,28?,29-/m0/s1. The van der Waals surface area contributed by atoms with Crippen LogP contribution < -0.4 is 15.4 Å². The highest BCUT2D eigenvalue weighted by atomic mass is 19.1. The molecule has 10 heteroatoms. The van der Waals surface area contributed by atoms with E-state index >= 15 is 4.39 Å². The van der Waals surface area contributed by atoms with E-state index in [2.05, 4.69) is 10.6 Å². The van der Waals surface area contributed by atoms with Crippen molar-refractivity contribution in [2.24, 2.45) is 0 Å². The van der Waals surface area contributed by atoms with Crippen LogP contribution in [0.25, 0.3) is 0 Å². The lowest BCUT2D eigenvalue weighted by Gasteiger charge is -2.30. The van der Waals surface area contributed by atoms with Crippen LogP contribution in [-0.4, -0.2) is 70.3 Å². The third-order valence-electron chi connectivity index (χ3n) is 7.35. The molecule has 0 saturated carbocycles. The fraction of sp³-hybridized carbons (Fsp3) is 0.344. The SMILES string of the molecule is CCOc1cccc(CNC(=O)C2[C@@H](F)CCN2C(=O)[C@@H](O)[C@H](Cc2ccccc2)NC(=O)c2cccc(O)c2C)c1. The largest absolute Gasteiger partial charge is 0.508 e. The fourth-order valence-electron chi connectivity index (χ4n) is 5.08. The summed E-state index contributed by atoms with van der Waals surface area (Å²) in [6.07, 6.45) is -3.35. The van der Waals surface area contributed by atoms with Gasteiger partial charge < -0.3 is 30.5 Å². The van der Waals surface area contributed by atoms with Gasteiger partial charge in [-0.3, -0.25) is 14.4 Å². The molecule has 1 aliphatic heterocycles. The van der Waals surface area contributed by atoms with Gasteiger partial charge in [0.15, 0.2) is 6.10 Å². The van der Waals surface area contributed by atoms with E-state index < -0.39 is 42.1 Å². The minimum absolute atomic E-state index is 0.0609. The maximum atomic E-state index is 15.0. The number of hydrogen-bond acceptors (Lipinski definition) is 6. The van der Waals surface area contributed by atoms with Gasteiger partial charge in [-0.1, -0.05) is 48.5 Å². The second-order valence-corrected chi connectivity index (χ2v) is 10.2. The summed E-state index contributed by atoms with van der Waals surface area (Å²) in [6.45, 7) is 3.97. The van der Waals surface area contributed by atoms with Crippen LogP contribution in [0.1, 0.15) is 40.4 Å². The van der Waals surface area contributed by atoms with Crippen LogP contribution in [0.4, 0.5) is 4.39 Å². The van der Waals surface area contributed by atoms with Crippen LogP contribution in [0.2, 0.25) is 0 Å².